The van der Waals surface area contributed by atoms with Crippen molar-refractivity contribution < 1.29 is 38.8 Å². The Hall–Kier alpha value is -2.25. The first-order chi connectivity index (χ1) is 7.32. The average Bonchev–Trinajstić information content (AvgIpc) is 2.50. The molecule has 0 amide bonds. The van der Waals surface area contributed by atoms with Crippen molar-refractivity contribution in [2.75, 3.05) is 6.61 Å². The Bertz CT molecular complexity index is 303. The van der Waals surface area contributed by atoms with Gasteiger partial charge in [-0.25, -0.2) is 14.4 Å². The van der Waals surface area contributed by atoms with Crippen LogP contribution in [0.25, 0.3) is 0 Å². The molecule has 2 N–H and O–H groups in total. The molecule has 0 aromatic rings. The maximum absolute atomic E-state index is 10.8. The molecule has 0 saturated carbocycles. The Kier molecular flexibility index (Phi) is 5.39. The van der Waals surface area contributed by atoms with Gasteiger partial charge in [0.05, 0.1) is 0 Å². The van der Waals surface area contributed by atoms with E-state index in [2.05, 4.69) is 20.8 Å². The van der Waals surface area contributed by atoms with Crippen LogP contribution in [-0.2, 0) is 19.0 Å². The van der Waals surface area contributed by atoms with Crippen LogP contribution in [0.4, 0.5) is 9.59 Å². The van der Waals surface area contributed by atoms with Crippen molar-refractivity contribution >= 4 is 18.3 Å². The number of rotatable bonds is 2. The monoisotopic (exact) mass is 234 g/mol. The Morgan fingerprint density at radius 3 is 2.31 bits per heavy atom. The lowest BCUT2D eigenvalue weighted by atomic mass is 10.4. The van der Waals surface area contributed by atoms with Crippen LogP contribution in [0.1, 0.15) is 6.92 Å². The van der Waals surface area contributed by atoms with Crippen molar-refractivity contribution in [1.29, 1.82) is 0 Å². The van der Waals surface area contributed by atoms with Crippen molar-refractivity contribution in [3.63, 3.8) is 0 Å². The number of carbonyl (C=O) groups is 3. The summed E-state index contributed by atoms with van der Waals surface area (Å²) in [5, 5.41) is 13.9. The van der Waals surface area contributed by atoms with Gasteiger partial charge in [0.15, 0.2) is 6.61 Å². The first-order valence-corrected chi connectivity index (χ1v) is 3.94. The van der Waals surface area contributed by atoms with Crippen molar-refractivity contribution in [3.8, 4) is 0 Å². The van der Waals surface area contributed by atoms with Gasteiger partial charge in [-0.1, -0.05) is 6.58 Å². The van der Waals surface area contributed by atoms with E-state index in [1.165, 1.54) is 6.92 Å². The van der Waals surface area contributed by atoms with Crippen LogP contribution in [0, 0.1) is 0 Å². The van der Waals surface area contributed by atoms with Crippen LogP contribution in [-0.4, -0.2) is 41.4 Å². The second kappa shape index (κ2) is 6.27. The van der Waals surface area contributed by atoms with Gasteiger partial charge in [-0.05, 0) is 6.92 Å². The van der Waals surface area contributed by atoms with Crippen LogP contribution in [0.3, 0.4) is 0 Å². The zero-order chi connectivity index (χ0) is 12.7. The van der Waals surface area contributed by atoms with Crippen LogP contribution in [0.15, 0.2) is 12.2 Å². The van der Waals surface area contributed by atoms with E-state index in [4.69, 9.17) is 15.0 Å². The summed E-state index contributed by atoms with van der Waals surface area (Å²) >= 11 is 0. The van der Waals surface area contributed by atoms with E-state index >= 15 is 0 Å². The standard InChI is InChI=1S/C7H8O5.CH2O3/c1-4(2)6(8)11-5-3-10-7(9)12-5;2-1(3)4/h5H,1,3H2,2H3;(H2,2,3,4). The molecule has 1 fully saturated rings. The smallest absolute Gasteiger partial charge is 0.450 e. The topological polar surface area (TPSA) is 119 Å². The quantitative estimate of drug-likeness (QED) is 0.532. The first kappa shape index (κ1) is 13.8. The summed E-state index contributed by atoms with van der Waals surface area (Å²) < 4.78 is 13.5. The van der Waals surface area contributed by atoms with E-state index in [1.54, 1.807) is 0 Å². The first-order valence-electron chi connectivity index (χ1n) is 3.94. The molecule has 0 aromatic heterocycles. The Morgan fingerprint density at radius 2 is 2.00 bits per heavy atom. The molecule has 16 heavy (non-hydrogen) atoms. The second-order valence-corrected chi connectivity index (χ2v) is 2.58. The molecule has 1 atom stereocenters. The number of esters is 1. The van der Waals surface area contributed by atoms with Gasteiger partial charge in [0.1, 0.15) is 0 Å². The molecule has 1 rings (SSSR count). The number of cyclic esters (lactones) is 2. The van der Waals surface area contributed by atoms with Gasteiger partial charge in [0.25, 0.3) is 6.29 Å². The lowest BCUT2D eigenvalue weighted by Gasteiger charge is -2.06. The van der Waals surface area contributed by atoms with Gasteiger partial charge in [-0.2, -0.15) is 0 Å². The molecular weight excluding hydrogens is 224 g/mol. The highest BCUT2D eigenvalue weighted by atomic mass is 16.8. The summed E-state index contributed by atoms with van der Waals surface area (Å²) in [5.74, 6) is -0.599. The summed E-state index contributed by atoms with van der Waals surface area (Å²) in [6.07, 6.45) is -3.59. The SMILES string of the molecule is C=C(C)C(=O)OC1COC(=O)O1.O=C(O)O. The fourth-order valence-corrected chi connectivity index (χ4v) is 0.590. The third-order valence-electron chi connectivity index (χ3n) is 1.15. The number of carbonyl (C=O) groups excluding carboxylic acids is 2. The highest BCUT2D eigenvalue weighted by molar-refractivity contribution is 5.87. The lowest BCUT2D eigenvalue weighted by Crippen LogP contribution is -2.20. The highest BCUT2D eigenvalue weighted by Gasteiger charge is 2.28. The van der Waals surface area contributed by atoms with E-state index in [-0.39, 0.29) is 12.2 Å². The van der Waals surface area contributed by atoms with E-state index in [9.17, 15) is 9.59 Å². The largest absolute Gasteiger partial charge is 0.511 e. The maximum atomic E-state index is 10.8. The van der Waals surface area contributed by atoms with E-state index < -0.39 is 24.6 Å². The van der Waals surface area contributed by atoms with Crippen LogP contribution in [0.2, 0.25) is 0 Å². The molecule has 0 bridgehead atoms. The van der Waals surface area contributed by atoms with Crippen molar-refractivity contribution in [2.45, 2.75) is 13.2 Å². The fourth-order valence-electron chi connectivity index (χ4n) is 0.590. The predicted octanol–water partition coefficient (Wildman–Crippen LogP) is 0.821. The molecule has 0 radical (unpaired) electrons. The van der Waals surface area contributed by atoms with Gasteiger partial charge in [0.2, 0.25) is 0 Å². The molecule has 1 saturated heterocycles. The van der Waals surface area contributed by atoms with E-state index in [1.807, 2.05) is 0 Å². The Labute approximate surface area is 90.0 Å². The highest BCUT2D eigenvalue weighted by Crippen LogP contribution is 2.08. The van der Waals surface area contributed by atoms with Crippen LogP contribution < -0.4 is 0 Å². The average molecular weight is 234 g/mol. The molecule has 1 unspecified atom stereocenters. The third kappa shape index (κ3) is 6.24. The van der Waals surface area contributed by atoms with Crippen molar-refractivity contribution in [3.05, 3.63) is 12.2 Å². The summed E-state index contributed by atoms with van der Waals surface area (Å²) in [7, 11) is 0. The molecule has 0 aliphatic carbocycles. The molecule has 8 heteroatoms. The maximum Gasteiger partial charge on any atom is 0.511 e. The molecule has 0 aromatic carbocycles. The predicted molar refractivity (Wildman–Crippen MR) is 47.8 cm³/mol. The molecule has 1 aliphatic rings. The van der Waals surface area contributed by atoms with Gasteiger partial charge in [0, 0.05) is 5.57 Å². The molecule has 1 aliphatic heterocycles. The minimum atomic E-state index is -1.83. The third-order valence-corrected chi connectivity index (χ3v) is 1.15. The minimum Gasteiger partial charge on any atom is -0.450 e. The fraction of sp³-hybridized carbons (Fsp3) is 0.375. The lowest BCUT2D eigenvalue weighted by molar-refractivity contribution is -0.157. The van der Waals surface area contributed by atoms with E-state index in [0.29, 0.717) is 0 Å². The summed E-state index contributed by atoms with van der Waals surface area (Å²) in [5.41, 5.74) is 0.248. The summed E-state index contributed by atoms with van der Waals surface area (Å²) in [4.78, 5) is 29.7. The van der Waals surface area contributed by atoms with Gasteiger partial charge in [-0.3, -0.25) is 0 Å². The number of carboxylic acid groups (broad SMARTS) is 2. The number of hydrogen-bond acceptors (Lipinski definition) is 6. The van der Waals surface area contributed by atoms with Crippen LogP contribution in [0.5, 0.6) is 0 Å². The number of hydrogen-bond donors (Lipinski definition) is 2. The van der Waals surface area contributed by atoms with Gasteiger partial charge < -0.3 is 24.4 Å². The van der Waals surface area contributed by atoms with E-state index in [0.717, 1.165) is 0 Å². The summed E-state index contributed by atoms with van der Waals surface area (Å²) in [6, 6.07) is 0. The molecular formula is C8H10O8. The minimum absolute atomic E-state index is 0.0577. The zero-order valence-corrected chi connectivity index (χ0v) is 8.34. The van der Waals surface area contributed by atoms with Crippen LogP contribution >= 0.6 is 0 Å². The van der Waals surface area contributed by atoms with Gasteiger partial charge in [-0.15, -0.1) is 0 Å². The molecule has 90 valence electrons. The normalized spacial score (nSPS) is 17.3. The molecule has 0 spiro atoms. The van der Waals surface area contributed by atoms with Gasteiger partial charge >= 0.3 is 18.3 Å². The second-order valence-electron chi connectivity index (χ2n) is 2.58. The molecule has 1 heterocycles. The zero-order valence-electron chi connectivity index (χ0n) is 8.34. The Morgan fingerprint density at radius 1 is 1.50 bits per heavy atom. The summed E-state index contributed by atoms with van der Waals surface area (Å²) in [6.45, 7) is 4.80. The molecule has 8 nitrogen and oxygen atoms in total. The number of ether oxygens (including phenoxy) is 3. The van der Waals surface area contributed by atoms with Crippen molar-refractivity contribution in [2.24, 2.45) is 0 Å². The Balaban J connectivity index is 0.000000487. The van der Waals surface area contributed by atoms with Crippen molar-refractivity contribution in [1.82, 2.24) is 0 Å².